The Morgan fingerprint density at radius 1 is 0.857 bits per heavy atom. The van der Waals surface area contributed by atoms with Crippen molar-refractivity contribution in [1.82, 2.24) is 4.90 Å². The summed E-state index contributed by atoms with van der Waals surface area (Å²) in [5.41, 5.74) is 2.17. The molecule has 1 aromatic rings. The lowest BCUT2D eigenvalue weighted by Crippen LogP contribution is -2.32. The summed E-state index contributed by atoms with van der Waals surface area (Å²) in [4.78, 5) is 14.6. The minimum Gasteiger partial charge on any atom is -0.339 e. The highest BCUT2D eigenvalue weighted by Gasteiger charge is 2.14. The second-order valence-corrected chi connectivity index (χ2v) is 5.80. The third-order valence-electron chi connectivity index (χ3n) is 3.87. The second-order valence-electron chi connectivity index (χ2n) is 5.80. The zero-order valence-electron chi connectivity index (χ0n) is 14.0. The molecule has 0 radical (unpaired) electrons. The fourth-order valence-corrected chi connectivity index (χ4v) is 2.39. The van der Waals surface area contributed by atoms with E-state index in [1.807, 2.05) is 17.0 Å². The van der Waals surface area contributed by atoms with Crippen molar-refractivity contribution in [2.24, 2.45) is 0 Å². The molecule has 0 spiro atoms. The normalized spacial score (nSPS) is 10.6. The Labute approximate surface area is 130 Å². The van der Waals surface area contributed by atoms with Crippen molar-refractivity contribution in [1.29, 1.82) is 0 Å². The summed E-state index contributed by atoms with van der Waals surface area (Å²) in [5, 5.41) is 0. The molecular formula is C19H31NO. The molecule has 0 aliphatic heterocycles. The van der Waals surface area contributed by atoms with E-state index in [4.69, 9.17) is 0 Å². The summed E-state index contributed by atoms with van der Waals surface area (Å²) in [6, 6.07) is 8.22. The van der Waals surface area contributed by atoms with Crippen LogP contribution < -0.4 is 0 Å². The van der Waals surface area contributed by atoms with Gasteiger partial charge in [0.1, 0.15) is 0 Å². The summed E-state index contributed by atoms with van der Waals surface area (Å²) in [6.07, 6.45) is 7.97. The molecule has 1 amide bonds. The van der Waals surface area contributed by atoms with Crippen LogP contribution in [-0.4, -0.2) is 23.9 Å². The van der Waals surface area contributed by atoms with Gasteiger partial charge >= 0.3 is 0 Å². The average Bonchev–Trinajstić information content (AvgIpc) is 2.53. The van der Waals surface area contributed by atoms with E-state index in [2.05, 4.69) is 32.9 Å². The highest BCUT2D eigenvalue weighted by molar-refractivity contribution is 5.94. The monoisotopic (exact) mass is 289 g/mol. The van der Waals surface area contributed by atoms with E-state index in [9.17, 15) is 4.79 Å². The van der Waals surface area contributed by atoms with Gasteiger partial charge in [0.25, 0.3) is 5.91 Å². The number of hydrogen-bond acceptors (Lipinski definition) is 1. The number of benzene rings is 1. The molecule has 0 aromatic heterocycles. The van der Waals surface area contributed by atoms with Gasteiger partial charge in [-0.25, -0.2) is 0 Å². The van der Waals surface area contributed by atoms with Crippen LogP contribution in [0.4, 0.5) is 0 Å². The molecule has 1 rings (SSSR count). The van der Waals surface area contributed by atoms with E-state index in [1.165, 1.54) is 18.4 Å². The predicted octanol–water partition coefficient (Wildman–Crippen LogP) is 5.07. The minimum absolute atomic E-state index is 0.193. The molecule has 0 aliphatic rings. The van der Waals surface area contributed by atoms with E-state index in [1.54, 1.807) is 0 Å². The van der Waals surface area contributed by atoms with Crippen molar-refractivity contribution < 1.29 is 4.79 Å². The molecule has 2 nitrogen and oxygen atoms in total. The van der Waals surface area contributed by atoms with Crippen LogP contribution >= 0.6 is 0 Å². The van der Waals surface area contributed by atoms with Crippen molar-refractivity contribution >= 4 is 5.91 Å². The lowest BCUT2D eigenvalue weighted by molar-refractivity contribution is 0.0751. The van der Waals surface area contributed by atoms with Crippen LogP contribution in [-0.2, 0) is 6.42 Å². The van der Waals surface area contributed by atoms with Gasteiger partial charge in [-0.1, -0.05) is 52.2 Å². The molecule has 0 saturated heterocycles. The Kier molecular flexibility index (Phi) is 8.80. The Morgan fingerprint density at radius 2 is 1.38 bits per heavy atom. The third kappa shape index (κ3) is 6.33. The Balaban J connectivity index is 2.67. The van der Waals surface area contributed by atoms with E-state index in [-0.39, 0.29) is 5.91 Å². The molecule has 21 heavy (non-hydrogen) atoms. The number of nitrogens with zero attached hydrogens (tertiary/aromatic N) is 1. The third-order valence-corrected chi connectivity index (χ3v) is 3.87. The number of hydrogen-bond donors (Lipinski definition) is 0. The van der Waals surface area contributed by atoms with Crippen molar-refractivity contribution in [3.63, 3.8) is 0 Å². The van der Waals surface area contributed by atoms with Crippen LogP contribution in [0, 0.1) is 0 Å². The number of aryl methyl sites for hydroxylation is 1. The fourth-order valence-electron chi connectivity index (χ4n) is 2.39. The first-order valence-electron chi connectivity index (χ1n) is 8.61. The molecule has 118 valence electrons. The number of amides is 1. The van der Waals surface area contributed by atoms with Gasteiger partial charge in [-0.15, -0.1) is 0 Å². The van der Waals surface area contributed by atoms with Crippen molar-refractivity contribution in [2.75, 3.05) is 13.1 Å². The molecule has 0 bridgehead atoms. The summed E-state index contributed by atoms with van der Waals surface area (Å²) in [5.74, 6) is 0.193. The van der Waals surface area contributed by atoms with Crippen molar-refractivity contribution in [2.45, 2.75) is 65.7 Å². The highest BCUT2D eigenvalue weighted by Crippen LogP contribution is 2.11. The van der Waals surface area contributed by atoms with Crippen LogP contribution in [0.25, 0.3) is 0 Å². The van der Waals surface area contributed by atoms with Crippen LogP contribution in [0.15, 0.2) is 24.3 Å². The van der Waals surface area contributed by atoms with Gasteiger partial charge in [0.15, 0.2) is 0 Å². The molecule has 0 N–H and O–H groups in total. The van der Waals surface area contributed by atoms with Gasteiger partial charge in [-0.2, -0.15) is 0 Å². The predicted molar refractivity (Wildman–Crippen MR) is 90.8 cm³/mol. The summed E-state index contributed by atoms with van der Waals surface area (Å²) >= 11 is 0. The maximum Gasteiger partial charge on any atom is 0.253 e. The smallest absolute Gasteiger partial charge is 0.253 e. The van der Waals surface area contributed by atoms with Crippen LogP contribution in [0.2, 0.25) is 0 Å². The Hall–Kier alpha value is -1.31. The molecular weight excluding hydrogens is 258 g/mol. The molecule has 2 heteroatoms. The first-order valence-corrected chi connectivity index (χ1v) is 8.61. The second kappa shape index (κ2) is 10.4. The standard InChI is InChI=1S/C19H31NO/c1-4-7-10-17-11-13-18(14-12-17)19(21)20(15-8-5-2)16-9-6-3/h11-14H,4-10,15-16H2,1-3H3. The minimum atomic E-state index is 0.193. The van der Waals surface area contributed by atoms with Gasteiger partial charge in [0.05, 0.1) is 0 Å². The van der Waals surface area contributed by atoms with E-state index in [0.717, 1.165) is 50.8 Å². The average molecular weight is 289 g/mol. The first kappa shape index (κ1) is 17.7. The van der Waals surface area contributed by atoms with Gasteiger partial charge in [-0.3, -0.25) is 4.79 Å². The molecule has 0 unspecified atom stereocenters. The molecule has 0 saturated carbocycles. The lowest BCUT2D eigenvalue weighted by Gasteiger charge is -2.22. The molecule has 0 fully saturated rings. The zero-order chi connectivity index (χ0) is 15.5. The number of carbonyl (C=O) groups excluding carboxylic acids is 1. The topological polar surface area (TPSA) is 20.3 Å². The van der Waals surface area contributed by atoms with Crippen molar-refractivity contribution in [3.8, 4) is 0 Å². The maximum atomic E-state index is 12.6. The summed E-state index contributed by atoms with van der Waals surface area (Å²) in [6.45, 7) is 8.31. The van der Waals surface area contributed by atoms with Gasteiger partial charge in [0, 0.05) is 18.7 Å². The van der Waals surface area contributed by atoms with Gasteiger partial charge < -0.3 is 4.90 Å². The largest absolute Gasteiger partial charge is 0.339 e. The van der Waals surface area contributed by atoms with E-state index in [0.29, 0.717) is 0 Å². The summed E-state index contributed by atoms with van der Waals surface area (Å²) in [7, 11) is 0. The SMILES string of the molecule is CCCCc1ccc(C(=O)N(CCCC)CCCC)cc1. The zero-order valence-corrected chi connectivity index (χ0v) is 14.0. The van der Waals surface area contributed by atoms with E-state index < -0.39 is 0 Å². The lowest BCUT2D eigenvalue weighted by atomic mass is 10.1. The van der Waals surface area contributed by atoms with Crippen LogP contribution in [0.3, 0.4) is 0 Å². The quantitative estimate of drug-likeness (QED) is 0.588. The van der Waals surface area contributed by atoms with Gasteiger partial charge in [0.2, 0.25) is 0 Å². The molecule has 0 heterocycles. The molecule has 1 aromatic carbocycles. The Morgan fingerprint density at radius 3 is 1.86 bits per heavy atom. The maximum absolute atomic E-state index is 12.6. The number of unbranched alkanes of at least 4 members (excludes halogenated alkanes) is 3. The Bertz CT molecular complexity index is 389. The van der Waals surface area contributed by atoms with Crippen LogP contribution in [0.5, 0.6) is 0 Å². The van der Waals surface area contributed by atoms with Gasteiger partial charge in [-0.05, 0) is 43.4 Å². The molecule has 0 aliphatic carbocycles. The van der Waals surface area contributed by atoms with Crippen molar-refractivity contribution in [3.05, 3.63) is 35.4 Å². The number of rotatable bonds is 10. The van der Waals surface area contributed by atoms with E-state index >= 15 is 0 Å². The fraction of sp³-hybridized carbons (Fsp3) is 0.632. The number of carbonyl (C=O) groups is 1. The summed E-state index contributed by atoms with van der Waals surface area (Å²) < 4.78 is 0. The first-order chi connectivity index (χ1) is 10.2. The highest BCUT2D eigenvalue weighted by atomic mass is 16.2. The molecule has 0 atom stereocenters. The van der Waals surface area contributed by atoms with Crippen LogP contribution in [0.1, 0.15) is 75.2 Å².